The van der Waals surface area contributed by atoms with Crippen LogP contribution in [0.3, 0.4) is 0 Å². The van der Waals surface area contributed by atoms with E-state index in [-0.39, 0.29) is 6.61 Å². The topological polar surface area (TPSA) is 26.2 Å². The van der Waals surface area contributed by atoms with Crippen molar-refractivity contribution in [2.45, 2.75) is 25.7 Å². The van der Waals surface area contributed by atoms with Crippen molar-refractivity contribution >= 4 is 24.2 Å². The average Bonchev–Trinajstić information content (AvgIpc) is 2.94. The molecule has 0 saturated carbocycles. The Morgan fingerprint density at radius 1 is 1.20 bits per heavy atom. The number of benzene rings is 2. The molecule has 3 nitrogen and oxygen atoms in total. The van der Waals surface area contributed by atoms with Crippen LogP contribution in [0.1, 0.15) is 11.3 Å². The third-order valence-corrected chi connectivity index (χ3v) is 4.84. The lowest BCUT2D eigenvalue weighted by atomic mass is 9.93. The van der Waals surface area contributed by atoms with E-state index in [1.165, 1.54) is 22.1 Å². The maximum atomic E-state index is 14.7. The molecule has 25 heavy (non-hydrogen) atoms. The van der Waals surface area contributed by atoms with E-state index < -0.39 is 6.17 Å². The summed E-state index contributed by atoms with van der Waals surface area (Å²) in [6, 6.07) is 15.9. The maximum Gasteiger partial charge on any atom is 0.152 e. The normalized spacial score (nSPS) is 15.1. The number of ether oxygens (including phenoxy) is 1. The van der Waals surface area contributed by atoms with Gasteiger partial charge in [-0.05, 0) is 23.8 Å². The van der Waals surface area contributed by atoms with Crippen LogP contribution in [0.2, 0.25) is 0 Å². The highest BCUT2D eigenvalue weighted by Gasteiger charge is 2.21. The van der Waals surface area contributed by atoms with Crippen LogP contribution in [-0.2, 0) is 19.5 Å². The lowest BCUT2D eigenvalue weighted by Crippen LogP contribution is -2.27. The van der Waals surface area contributed by atoms with Crippen molar-refractivity contribution in [3.05, 3.63) is 59.8 Å². The predicted octanol–water partition coefficient (Wildman–Crippen LogP) is 1.96. The lowest BCUT2D eigenvalue weighted by molar-refractivity contribution is 0.179. The van der Waals surface area contributed by atoms with Gasteiger partial charge in [-0.1, -0.05) is 35.8 Å². The number of alkyl halides is 1. The van der Waals surface area contributed by atoms with Crippen LogP contribution in [0.15, 0.2) is 48.5 Å². The second-order valence-electron chi connectivity index (χ2n) is 6.70. The van der Waals surface area contributed by atoms with Crippen LogP contribution in [0.25, 0.3) is 10.9 Å². The number of halogens is 1. The number of nitrogens with zero attached hydrogens (tertiary/aromatic N) is 1. The third-order valence-electron chi connectivity index (χ3n) is 4.84. The Balaban J connectivity index is 1.58. The van der Waals surface area contributed by atoms with Crippen LogP contribution in [0, 0.1) is 0 Å². The molecule has 3 aromatic rings. The SMILES string of the molecule is Bc1ccc2c(c1)c1c(n2CC(F)COc2ccccc2)CCNC1. The number of hydrogen-bond acceptors (Lipinski definition) is 2. The number of nitrogens with one attached hydrogen (secondary N) is 1. The second-order valence-corrected chi connectivity index (χ2v) is 6.70. The first-order valence-corrected chi connectivity index (χ1v) is 8.85. The summed E-state index contributed by atoms with van der Waals surface area (Å²) in [5.41, 5.74) is 4.95. The van der Waals surface area contributed by atoms with Gasteiger partial charge >= 0.3 is 0 Å². The minimum absolute atomic E-state index is 0.0720. The molecule has 1 N–H and O–H groups in total. The summed E-state index contributed by atoms with van der Waals surface area (Å²) >= 11 is 0. The van der Waals surface area contributed by atoms with E-state index in [9.17, 15) is 4.39 Å². The van der Waals surface area contributed by atoms with Crippen LogP contribution in [0.5, 0.6) is 5.75 Å². The van der Waals surface area contributed by atoms with E-state index in [0.717, 1.165) is 25.0 Å². The highest BCUT2D eigenvalue weighted by molar-refractivity contribution is 6.33. The van der Waals surface area contributed by atoms with Gasteiger partial charge in [0.05, 0.1) is 6.54 Å². The Morgan fingerprint density at radius 3 is 2.88 bits per heavy atom. The van der Waals surface area contributed by atoms with E-state index >= 15 is 0 Å². The summed E-state index contributed by atoms with van der Waals surface area (Å²) in [7, 11) is 2.10. The van der Waals surface area contributed by atoms with Gasteiger partial charge in [0.25, 0.3) is 0 Å². The van der Waals surface area contributed by atoms with Crippen LogP contribution in [-0.4, -0.2) is 31.7 Å². The molecular weight excluding hydrogens is 314 g/mol. The molecule has 0 amide bonds. The monoisotopic (exact) mass is 336 g/mol. The number of hydrogen-bond donors (Lipinski definition) is 1. The van der Waals surface area contributed by atoms with E-state index in [1.807, 2.05) is 30.3 Å². The Bertz CT molecular complexity index is 878. The minimum Gasteiger partial charge on any atom is -0.490 e. The van der Waals surface area contributed by atoms with E-state index in [2.05, 4.69) is 35.9 Å². The Kier molecular flexibility index (Phi) is 4.49. The molecule has 1 aromatic heterocycles. The molecule has 0 aliphatic carbocycles. The smallest absolute Gasteiger partial charge is 0.152 e. The van der Waals surface area contributed by atoms with Crippen molar-refractivity contribution in [3.63, 3.8) is 0 Å². The molecule has 0 spiro atoms. The average molecular weight is 336 g/mol. The molecule has 0 saturated heterocycles. The molecule has 2 heterocycles. The Labute approximate surface area is 148 Å². The van der Waals surface area contributed by atoms with E-state index in [1.54, 1.807) is 0 Å². The van der Waals surface area contributed by atoms with E-state index in [4.69, 9.17) is 4.74 Å². The molecular formula is C20H22BFN2O. The van der Waals surface area contributed by atoms with Crippen molar-refractivity contribution in [2.24, 2.45) is 0 Å². The van der Waals surface area contributed by atoms with Crippen molar-refractivity contribution in [1.29, 1.82) is 0 Å². The summed E-state index contributed by atoms with van der Waals surface area (Å²) in [5, 5.41) is 4.68. The Morgan fingerprint density at radius 2 is 2.04 bits per heavy atom. The van der Waals surface area contributed by atoms with Gasteiger partial charge < -0.3 is 14.6 Å². The first-order chi connectivity index (χ1) is 12.2. The van der Waals surface area contributed by atoms with Crippen molar-refractivity contribution in [2.75, 3.05) is 13.2 Å². The van der Waals surface area contributed by atoms with Gasteiger partial charge in [-0.2, -0.15) is 0 Å². The standard InChI is InChI=1S/C20H22BFN2O/c21-14-6-7-19-17(10-14)18-11-23-9-8-20(18)24(19)12-15(22)13-25-16-4-2-1-3-5-16/h1-7,10,15,23H,8-9,11-13,21H2. The maximum absolute atomic E-state index is 14.7. The van der Waals surface area contributed by atoms with Gasteiger partial charge in [0.15, 0.2) is 6.17 Å². The van der Waals surface area contributed by atoms with Crippen molar-refractivity contribution in [1.82, 2.24) is 9.88 Å². The van der Waals surface area contributed by atoms with Gasteiger partial charge in [-0.15, -0.1) is 0 Å². The van der Waals surface area contributed by atoms with Crippen molar-refractivity contribution in [3.8, 4) is 5.75 Å². The lowest BCUT2D eigenvalue weighted by Gasteiger charge is -2.18. The van der Waals surface area contributed by atoms with Crippen LogP contribution < -0.4 is 15.5 Å². The first kappa shape index (κ1) is 16.2. The molecule has 0 radical (unpaired) electrons. The molecule has 4 rings (SSSR count). The molecule has 2 aromatic carbocycles. The first-order valence-electron chi connectivity index (χ1n) is 8.85. The number of rotatable bonds is 5. The summed E-state index contributed by atoms with van der Waals surface area (Å²) in [6.45, 7) is 2.21. The molecule has 5 heteroatoms. The number of fused-ring (bicyclic) bond motifs is 3. The fourth-order valence-corrected chi connectivity index (χ4v) is 3.66. The van der Waals surface area contributed by atoms with E-state index in [0.29, 0.717) is 12.3 Å². The largest absolute Gasteiger partial charge is 0.490 e. The van der Waals surface area contributed by atoms with Crippen LogP contribution >= 0.6 is 0 Å². The summed E-state index contributed by atoms with van der Waals surface area (Å²) < 4.78 is 22.4. The molecule has 128 valence electrons. The zero-order valence-electron chi connectivity index (χ0n) is 14.5. The van der Waals surface area contributed by atoms with Gasteiger partial charge in [0, 0.05) is 36.1 Å². The molecule has 0 bridgehead atoms. The molecule has 1 aliphatic rings. The molecule has 1 atom stereocenters. The number of aromatic nitrogens is 1. The fourth-order valence-electron chi connectivity index (χ4n) is 3.66. The zero-order chi connectivity index (χ0) is 17.2. The summed E-state index contributed by atoms with van der Waals surface area (Å²) in [4.78, 5) is 0. The minimum atomic E-state index is -1.05. The second kappa shape index (κ2) is 6.92. The van der Waals surface area contributed by atoms with Gasteiger partial charge in [0.1, 0.15) is 20.2 Å². The zero-order valence-corrected chi connectivity index (χ0v) is 14.5. The summed E-state index contributed by atoms with van der Waals surface area (Å²) in [5.74, 6) is 0.712. The summed E-state index contributed by atoms with van der Waals surface area (Å²) in [6.07, 6.45) is -0.105. The van der Waals surface area contributed by atoms with Crippen molar-refractivity contribution < 1.29 is 9.13 Å². The van der Waals surface area contributed by atoms with Crippen LogP contribution in [0.4, 0.5) is 4.39 Å². The molecule has 0 fully saturated rings. The van der Waals surface area contributed by atoms with Gasteiger partial charge in [-0.25, -0.2) is 4.39 Å². The van der Waals surface area contributed by atoms with Gasteiger partial charge in [-0.3, -0.25) is 0 Å². The molecule has 1 unspecified atom stereocenters. The highest BCUT2D eigenvalue weighted by Crippen LogP contribution is 2.28. The van der Waals surface area contributed by atoms with Gasteiger partial charge in [0.2, 0.25) is 0 Å². The highest BCUT2D eigenvalue weighted by atomic mass is 19.1. The number of para-hydroxylation sites is 1. The molecule has 1 aliphatic heterocycles. The fraction of sp³-hybridized carbons (Fsp3) is 0.300. The predicted molar refractivity (Wildman–Crippen MR) is 102 cm³/mol. The Hall–Kier alpha value is -2.27. The third kappa shape index (κ3) is 3.29. The quantitative estimate of drug-likeness (QED) is 0.721.